The summed E-state index contributed by atoms with van der Waals surface area (Å²) in [5.74, 6) is -0.332. The first-order valence-electron chi connectivity index (χ1n) is 5.21. The van der Waals surface area contributed by atoms with Gasteiger partial charge in [-0.25, -0.2) is 12.8 Å². The van der Waals surface area contributed by atoms with Crippen molar-refractivity contribution in [1.29, 1.82) is 0 Å². The molecule has 0 radical (unpaired) electrons. The SMILES string of the molecule is CSc1c(F)cc(-c2cn[nH]c2N)cc1S(C)(=O)=O. The number of nitrogen functional groups attached to an aromatic ring is 1. The second-order valence-electron chi connectivity index (χ2n) is 3.96. The maximum absolute atomic E-state index is 14.0. The number of nitrogens with two attached hydrogens (primary N) is 1. The van der Waals surface area contributed by atoms with Crippen LogP contribution in [0.25, 0.3) is 11.1 Å². The first-order valence-corrected chi connectivity index (χ1v) is 8.33. The van der Waals surface area contributed by atoms with Gasteiger partial charge in [0.15, 0.2) is 9.84 Å². The van der Waals surface area contributed by atoms with Gasteiger partial charge in [0.1, 0.15) is 11.6 Å². The Morgan fingerprint density at radius 1 is 1.42 bits per heavy atom. The van der Waals surface area contributed by atoms with Crippen molar-refractivity contribution in [2.45, 2.75) is 9.79 Å². The van der Waals surface area contributed by atoms with Crippen molar-refractivity contribution >= 4 is 27.4 Å². The monoisotopic (exact) mass is 301 g/mol. The van der Waals surface area contributed by atoms with Gasteiger partial charge < -0.3 is 5.73 Å². The first kappa shape index (κ1) is 13.9. The van der Waals surface area contributed by atoms with E-state index in [0.717, 1.165) is 18.0 Å². The van der Waals surface area contributed by atoms with E-state index < -0.39 is 15.7 Å². The Morgan fingerprint density at radius 3 is 2.58 bits per heavy atom. The van der Waals surface area contributed by atoms with Crippen molar-refractivity contribution in [2.75, 3.05) is 18.2 Å². The molecule has 0 aliphatic heterocycles. The minimum absolute atomic E-state index is 0.0457. The van der Waals surface area contributed by atoms with E-state index in [1.165, 1.54) is 18.3 Å². The minimum Gasteiger partial charge on any atom is -0.384 e. The van der Waals surface area contributed by atoms with E-state index in [-0.39, 0.29) is 15.6 Å². The van der Waals surface area contributed by atoms with Gasteiger partial charge in [-0.05, 0) is 24.0 Å². The number of sulfone groups is 1. The van der Waals surface area contributed by atoms with Crippen LogP contribution >= 0.6 is 11.8 Å². The number of anilines is 1. The Kier molecular flexibility index (Phi) is 3.55. The number of nitrogens with zero attached hydrogens (tertiary/aromatic N) is 1. The van der Waals surface area contributed by atoms with E-state index in [2.05, 4.69) is 10.2 Å². The second kappa shape index (κ2) is 4.86. The molecule has 5 nitrogen and oxygen atoms in total. The number of hydrogen-bond donors (Lipinski definition) is 2. The number of hydrogen-bond acceptors (Lipinski definition) is 5. The molecule has 1 heterocycles. The zero-order valence-electron chi connectivity index (χ0n) is 10.3. The Balaban J connectivity index is 2.75. The number of aromatic amines is 1. The fourth-order valence-corrected chi connectivity index (χ4v) is 3.72. The number of rotatable bonds is 3. The summed E-state index contributed by atoms with van der Waals surface area (Å²) in [6, 6.07) is 2.66. The van der Waals surface area contributed by atoms with E-state index >= 15 is 0 Å². The average Bonchev–Trinajstić information content (AvgIpc) is 2.73. The average molecular weight is 301 g/mol. The van der Waals surface area contributed by atoms with Crippen molar-refractivity contribution in [3.8, 4) is 11.1 Å². The van der Waals surface area contributed by atoms with Crippen molar-refractivity contribution in [2.24, 2.45) is 0 Å². The van der Waals surface area contributed by atoms with Gasteiger partial charge >= 0.3 is 0 Å². The van der Waals surface area contributed by atoms with Gasteiger partial charge in [0, 0.05) is 11.8 Å². The number of nitrogens with one attached hydrogen (secondary N) is 1. The molecule has 8 heteroatoms. The topological polar surface area (TPSA) is 88.8 Å². The molecule has 1 aromatic heterocycles. The molecule has 3 N–H and O–H groups in total. The third-order valence-corrected chi connectivity index (χ3v) is 4.67. The van der Waals surface area contributed by atoms with E-state index in [1.807, 2.05) is 0 Å². The zero-order valence-corrected chi connectivity index (χ0v) is 11.9. The molecule has 0 saturated heterocycles. The van der Waals surface area contributed by atoms with Crippen LogP contribution in [-0.2, 0) is 9.84 Å². The van der Waals surface area contributed by atoms with Crippen LogP contribution in [0.15, 0.2) is 28.1 Å². The van der Waals surface area contributed by atoms with Gasteiger partial charge in [-0.2, -0.15) is 5.10 Å². The van der Waals surface area contributed by atoms with Crippen LogP contribution < -0.4 is 5.73 Å². The molecule has 102 valence electrons. The van der Waals surface area contributed by atoms with Crippen LogP contribution in [0.2, 0.25) is 0 Å². The number of halogens is 1. The van der Waals surface area contributed by atoms with Gasteiger partial charge in [-0.15, -0.1) is 11.8 Å². The smallest absolute Gasteiger partial charge is 0.176 e. The zero-order chi connectivity index (χ0) is 14.2. The lowest BCUT2D eigenvalue weighted by atomic mass is 10.1. The molecule has 0 unspecified atom stereocenters. The summed E-state index contributed by atoms with van der Waals surface area (Å²) in [6.45, 7) is 0. The third kappa shape index (κ3) is 2.59. The molecular formula is C11H12FN3O2S2. The highest BCUT2D eigenvalue weighted by molar-refractivity contribution is 7.99. The molecule has 2 aromatic rings. The lowest BCUT2D eigenvalue weighted by Gasteiger charge is -2.09. The molecule has 0 atom stereocenters. The lowest BCUT2D eigenvalue weighted by molar-refractivity contribution is 0.578. The van der Waals surface area contributed by atoms with Crippen LogP contribution in [0.4, 0.5) is 10.2 Å². The summed E-state index contributed by atoms with van der Waals surface area (Å²) >= 11 is 1.05. The van der Waals surface area contributed by atoms with Gasteiger partial charge in [-0.3, -0.25) is 5.10 Å². The highest BCUT2D eigenvalue weighted by atomic mass is 32.2. The maximum atomic E-state index is 14.0. The summed E-state index contributed by atoms with van der Waals surface area (Å²) < 4.78 is 37.5. The molecule has 0 spiro atoms. The number of thioether (sulfide) groups is 1. The van der Waals surface area contributed by atoms with Gasteiger partial charge in [0.25, 0.3) is 0 Å². The summed E-state index contributed by atoms with van der Waals surface area (Å²) in [5, 5.41) is 6.26. The summed E-state index contributed by atoms with van der Waals surface area (Å²) in [7, 11) is -3.53. The first-order chi connectivity index (χ1) is 8.84. The molecule has 0 bridgehead atoms. The van der Waals surface area contributed by atoms with E-state index in [9.17, 15) is 12.8 Å². The Bertz CT molecular complexity index is 726. The molecule has 2 rings (SSSR count). The van der Waals surface area contributed by atoms with Gasteiger partial charge in [0.05, 0.1) is 16.0 Å². The Labute approximate surface area is 114 Å². The number of aromatic nitrogens is 2. The highest BCUT2D eigenvalue weighted by Gasteiger charge is 2.19. The normalized spacial score (nSPS) is 11.7. The second-order valence-corrected chi connectivity index (χ2v) is 6.76. The van der Waals surface area contributed by atoms with Gasteiger partial charge in [-0.1, -0.05) is 0 Å². The highest BCUT2D eigenvalue weighted by Crippen LogP contribution is 2.34. The molecule has 0 aliphatic rings. The van der Waals surface area contributed by atoms with Crippen molar-refractivity contribution in [3.63, 3.8) is 0 Å². The third-order valence-electron chi connectivity index (χ3n) is 2.59. The Hall–Kier alpha value is -1.54. The van der Waals surface area contributed by atoms with Crippen molar-refractivity contribution < 1.29 is 12.8 Å². The van der Waals surface area contributed by atoms with Crippen molar-refractivity contribution in [3.05, 3.63) is 24.1 Å². The van der Waals surface area contributed by atoms with Crippen LogP contribution in [0.3, 0.4) is 0 Å². The minimum atomic E-state index is -3.53. The van der Waals surface area contributed by atoms with Crippen molar-refractivity contribution in [1.82, 2.24) is 10.2 Å². The lowest BCUT2D eigenvalue weighted by Crippen LogP contribution is -2.02. The van der Waals surface area contributed by atoms with Gasteiger partial charge in [0.2, 0.25) is 0 Å². The number of benzene rings is 1. The largest absolute Gasteiger partial charge is 0.384 e. The van der Waals surface area contributed by atoms with Crippen LogP contribution in [0, 0.1) is 5.82 Å². The molecule has 0 saturated carbocycles. The van der Waals surface area contributed by atoms with E-state index in [4.69, 9.17) is 5.73 Å². The molecule has 1 aromatic carbocycles. The van der Waals surface area contributed by atoms with Crippen LogP contribution in [-0.4, -0.2) is 31.1 Å². The molecule has 0 amide bonds. The standard InChI is InChI=1S/C11H12FN3O2S2/c1-18-10-8(12)3-6(4-9(10)19(2,16)17)7-5-14-15-11(7)13/h3-5H,1-2H3,(H3,13,14,15). The molecule has 0 fully saturated rings. The van der Waals surface area contributed by atoms with E-state index in [1.54, 1.807) is 6.26 Å². The summed E-state index contributed by atoms with van der Waals surface area (Å²) in [6.07, 6.45) is 4.10. The summed E-state index contributed by atoms with van der Waals surface area (Å²) in [5.41, 5.74) is 6.50. The van der Waals surface area contributed by atoms with E-state index in [0.29, 0.717) is 11.1 Å². The summed E-state index contributed by atoms with van der Waals surface area (Å²) in [4.78, 5) is 0.0592. The fraction of sp³-hybridized carbons (Fsp3) is 0.182. The molecule has 19 heavy (non-hydrogen) atoms. The predicted molar refractivity (Wildman–Crippen MR) is 73.3 cm³/mol. The van der Waals surface area contributed by atoms with Crippen LogP contribution in [0.5, 0.6) is 0 Å². The number of H-pyrrole nitrogens is 1. The fourth-order valence-electron chi connectivity index (χ4n) is 1.72. The molecular weight excluding hydrogens is 289 g/mol. The molecule has 0 aliphatic carbocycles. The Morgan fingerprint density at radius 2 is 2.11 bits per heavy atom. The quantitative estimate of drug-likeness (QED) is 0.846. The predicted octanol–water partition coefficient (Wildman–Crippen LogP) is 1.92. The van der Waals surface area contributed by atoms with Crippen LogP contribution in [0.1, 0.15) is 0 Å². The maximum Gasteiger partial charge on any atom is 0.176 e.